The lowest BCUT2D eigenvalue weighted by molar-refractivity contribution is -0.123. The van der Waals surface area contributed by atoms with Crippen molar-refractivity contribution < 1.29 is 4.79 Å². The van der Waals surface area contributed by atoms with Crippen LogP contribution >= 0.6 is 12.4 Å². The molecule has 18 heavy (non-hydrogen) atoms. The molecule has 1 amide bonds. The maximum absolute atomic E-state index is 11.9. The van der Waals surface area contributed by atoms with Crippen LogP contribution in [0.15, 0.2) is 0 Å². The molecule has 3 N–H and O–H groups in total. The zero-order valence-corrected chi connectivity index (χ0v) is 12.2. The standard InChI is InChI=1S/C14H26N2O.ClH/c1-2-14(7-4-8-14)10-16-13(17)9-11-5-3-6-12(11)15;/h11-12H,2-10,15H2,1H3,(H,16,17);1H/t11-,12+;/m0./s1. The van der Waals surface area contributed by atoms with Crippen molar-refractivity contribution in [2.24, 2.45) is 17.1 Å². The van der Waals surface area contributed by atoms with Gasteiger partial charge in [-0.15, -0.1) is 12.4 Å². The maximum Gasteiger partial charge on any atom is 0.220 e. The number of nitrogens with one attached hydrogen (secondary N) is 1. The lowest BCUT2D eigenvalue weighted by Gasteiger charge is -2.41. The number of hydrogen-bond acceptors (Lipinski definition) is 2. The summed E-state index contributed by atoms with van der Waals surface area (Å²) in [4.78, 5) is 11.9. The van der Waals surface area contributed by atoms with Crippen molar-refractivity contribution in [2.45, 2.75) is 64.3 Å². The first-order valence-electron chi connectivity index (χ1n) is 7.17. The molecular weight excluding hydrogens is 248 g/mol. The molecule has 0 spiro atoms. The summed E-state index contributed by atoms with van der Waals surface area (Å²) in [6.45, 7) is 3.11. The minimum absolute atomic E-state index is 0. The molecule has 0 bridgehead atoms. The summed E-state index contributed by atoms with van der Waals surface area (Å²) in [6.07, 6.45) is 9.15. The molecule has 0 unspecified atom stereocenters. The van der Waals surface area contributed by atoms with Gasteiger partial charge in [0.15, 0.2) is 0 Å². The first kappa shape index (κ1) is 15.8. The molecule has 106 valence electrons. The van der Waals surface area contributed by atoms with Crippen LogP contribution in [0.1, 0.15) is 58.3 Å². The summed E-state index contributed by atoms with van der Waals surface area (Å²) < 4.78 is 0. The van der Waals surface area contributed by atoms with E-state index in [9.17, 15) is 4.79 Å². The topological polar surface area (TPSA) is 55.1 Å². The second-order valence-corrected chi connectivity index (χ2v) is 6.04. The lowest BCUT2D eigenvalue weighted by Crippen LogP contribution is -2.42. The van der Waals surface area contributed by atoms with Crippen molar-refractivity contribution in [3.63, 3.8) is 0 Å². The van der Waals surface area contributed by atoms with Gasteiger partial charge in [0.05, 0.1) is 0 Å². The van der Waals surface area contributed by atoms with Gasteiger partial charge in [-0.25, -0.2) is 0 Å². The molecule has 4 heteroatoms. The molecule has 0 aromatic heterocycles. The van der Waals surface area contributed by atoms with Crippen molar-refractivity contribution in [3.8, 4) is 0 Å². The summed E-state index contributed by atoms with van der Waals surface area (Å²) in [5.41, 5.74) is 6.42. The molecule has 2 saturated carbocycles. The third kappa shape index (κ3) is 3.61. The SMILES string of the molecule is CCC1(CNC(=O)C[C@@H]2CCC[C@H]2N)CCC1.Cl. The van der Waals surface area contributed by atoms with Crippen LogP contribution in [0.5, 0.6) is 0 Å². The maximum atomic E-state index is 11.9. The van der Waals surface area contributed by atoms with Gasteiger partial charge in [-0.1, -0.05) is 19.8 Å². The van der Waals surface area contributed by atoms with Crippen LogP contribution in [0.4, 0.5) is 0 Å². The van der Waals surface area contributed by atoms with Crippen LogP contribution in [-0.2, 0) is 4.79 Å². The van der Waals surface area contributed by atoms with Crippen LogP contribution < -0.4 is 11.1 Å². The average Bonchev–Trinajstić information content (AvgIpc) is 2.64. The van der Waals surface area contributed by atoms with E-state index in [-0.39, 0.29) is 24.4 Å². The fraction of sp³-hybridized carbons (Fsp3) is 0.929. The van der Waals surface area contributed by atoms with Gasteiger partial charge < -0.3 is 11.1 Å². The van der Waals surface area contributed by atoms with Crippen LogP contribution in [-0.4, -0.2) is 18.5 Å². The fourth-order valence-corrected chi connectivity index (χ4v) is 3.25. The fourth-order valence-electron chi connectivity index (χ4n) is 3.25. The predicted octanol–water partition coefficient (Wildman–Crippen LogP) is 2.62. The number of amides is 1. The van der Waals surface area contributed by atoms with Crippen molar-refractivity contribution >= 4 is 18.3 Å². The minimum atomic E-state index is 0. The van der Waals surface area contributed by atoms with E-state index < -0.39 is 0 Å². The van der Waals surface area contributed by atoms with Gasteiger partial charge in [0.25, 0.3) is 0 Å². The largest absolute Gasteiger partial charge is 0.356 e. The Hall–Kier alpha value is -0.280. The zero-order chi connectivity index (χ0) is 12.3. The van der Waals surface area contributed by atoms with Crippen LogP contribution in [0.2, 0.25) is 0 Å². The lowest BCUT2D eigenvalue weighted by atomic mass is 9.67. The molecule has 0 aromatic rings. The summed E-state index contributed by atoms with van der Waals surface area (Å²) in [7, 11) is 0. The van der Waals surface area contributed by atoms with Gasteiger partial charge in [-0.3, -0.25) is 4.79 Å². The van der Waals surface area contributed by atoms with Crippen LogP contribution in [0, 0.1) is 11.3 Å². The van der Waals surface area contributed by atoms with Gasteiger partial charge in [-0.2, -0.15) is 0 Å². The number of carbonyl (C=O) groups excluding carboxylic acids is 1. The third-order valence-electron chi connectivity index (χ3n) is 4.99. The highest BCUT2D eigenvalue weighted by atomic mass is 35.5. The highest BCUT2D eigenvalue weighted by Gasteiger charge is 2.35. The first-order chi connectivity index (χ1) is 8.15. The van der Waals surface area contributed by atoms with Gasteiger partial charge in [0, 0.05) is 19.0 Å². The van der Waals surface area contributed by atoms with Crippen molar-refractivity contribution in [3.05, 3.63) is 0 Å². The Kier molecular flexibility index (Phi) is 5.93. The predicted molar refractivity (Wildman–Crippen MR) is 76.8 cm³/mol. The van der Waals surface area contributed by atoms with E-state index in [0.29, 0.717) is 17.8 Å². The summed E-state index contributed by atoms with van der Waals surface area (Å²) in [5.74, 6) is 0.640. The molecular formula is C14H27ClN2O. The normalized spacial score (nSPS) is 29.2. The number of nitrogens with two attached hydrogens (primary N) is 1. The van der Waals surface area contributed by atoms with Gasteiger partial charge in [0.2, 0.25) is 5.91 Å². The molecule has 2 rings (SSSR count). The van der Waals surface area contributed by atoms with E-state index in [0.717, 1.165) is 19.4 Å². The van der Waals surface area contributed by atoms with E-state index in [1.54, 1.807) is 0 Å². The van der Waals surface area contributed by atoms with E-state index in [1.165, 1.54) is 32.1 Å². The first-order valence-corrected chi connectivity index (χ1v) is 7.17. The van der Waals surface area contributed by atoms with Crippen molar-refractivity contribution in [2.75, 3.05) is 6.54 Å². The monoisotopic (exact) mass is 274 g/mol. The molecule has 0 heterocycles. The quantitative estimate of drug-likeness (QED) is 0.810. The summed E-state index contributed by atoms with van der Waals surface area (Å²) in [5, 5.41) is 3.13. The van der Waals surface area contributed by atoms with Gasteiger partial charge in [0.1, 0.15) is 0 Å². The summed E-state index contributed by atoms with van der Waals surface area (Å²) in [6, 6.07) is 0.254. The molecule has 0 aromatic carbocycles. The number of carbonyl (C=O) groups is 1. The molecule has 2 aliphatic rings. The highest BCUT2D eigenvalue weighted by Crippen LogP contribution is 2.43. The third-order valence-corrected chi connectivity index (χ3v) is 4.99. The van der Waals surface area contributed by atoms with Crippen molar-refractivity contribution in [1.29, 1.82) is 0 Å². The van der Waals surface area contributed by atoms with Gasteiger partial charge in [-0.05, 0) is 43.4 Å². The molecule has 3 nitrogen and oxygen atoms in total. The Labute approximate surface area is 117 Å². The Morgan fingerprint density at radius 3 is 2.50 bits per heavy atom. The Morgan fingerprint density at radius 2 is 2.06 bits per heavy atom. The van der Waals surface area contributed by atoms with Crippen LogP contribution in [0.25, 0.3) is 0 Å². The molecule has 0 radical (unpaired) electrons. The number of rotatable bonds is 5. The average molecular weight is 275 g/mol. The number of halogens is 1. The second-order valence-electron chi connectivity index (χ2n) is 6.04. The van der Waals surface area contributed by atoms with Crippen LogP contribution in [0.3, 0.4) is 0 Å². The second kappa shape index (κ2) is 6.76. The zero-order valence-electron chi connectivity index (χ0n) is 11.4. The molecule has 0 aliphatic heterocycles. The van der Waals surface area contributed by atoms with E-state index in [4.69, 9.17) is 5.73 Å². The van der Waals surface area contributed by atoms with E-state index in [2.05, 4.69) is 12.2 Å². The molecule has 2 aliphatic carbocycles. The Bertz CT molecular complexity index is 273. The number of hydrogen-bond donors (Lipinski definition) is 2. The minimum Gasteiger partial charge on any atom is -0.356 e. The van der Waals surface area contributed by atoms with E-state index >= 15 is 0 Å². The smallest absolute Gasteiger partial charge is 0.220 e. The van der Waals surface area contributed by atoms with Crippen molar-refractivity contribution in [1.82, 2.24) is 5.32 Å². The van der Waals surface area contributed by atoms with E-state index in [1.807, 2.05) is 0 Å². The van der Waals surface area contributed by atoms with Gasteiger partial charge >= 0.3 is 0 Å². The molecule has 2 atom stereocenters. The molecule has 2 fully saturated rings. The Morgan fingerprint density at radius 1 is 1.33 bits per heavy atom. The highest BCUT2D eigenvalue weighted by molar-refractivity contribution is 5.85. The Balaban J connectivity index is 0.00000162. The summed E-state index contributed by atoms with van der Waals surface area (Å²) >= 11 is 0. The molecule has 0 saturated heterocycles.